The maximum atomic E-state index is 2.58. The fourth-order valence-corrected chi connectivity index (χ4v) is 4.70. The highest BCUT2D eigenvalue weighted by Crippen LogP contribution is 2.68. The van der Waals surface area contributed by atoms with Gasteiger partial charge in [0, 0.05) is 0 Å². The second-order valence-electron chi connectivity index (χ2n) is 7.85. The lowest BCUT2D eigenvalue weighted by Gasteiger charge is -2.67. The van der Waals surface area contributed by atoms with Gasteiger partial charge in [-0.1, -0.05) is 74.1 Å². The zero-order chi connectivity index (χ0) is 14.0. The van der Waals surface area contributed by atoms with Gasteiger partial charge in [-0.3, -0.25) is 0 Å². The van der Waals surface area contributed by atoms with Crippen molar-refractivity contribution in [3.8, 4) is 0 Å². The molecule has 3 atom stereocenters. The lowest BCUT2D eigenvalue weighted by molar-refractivity contribution is -0.191. The first-order valence-electron chi connectivity index (χ1n) is 8.31. The molecule has 1 fully saturated rings. The van der Waals surface area contributed by atoms with Crippen LogP contribution in [-0.2, 0) is 0 Å². The first-order valence-corrected chi connectivity index (χ1v) is 8.31. The van der Waals surface area contributed by atoms with Gasteiger partial charge in [-0.2, -0.15) is 0 Å². The van der Waals surface area contributed by atoms with Crippen molar-refractivity contribution < 1.29 is 0 Å². The van der Waals surface area contributed by atoms with Crippen molar-refractivity contribution in [2.45, 2.75) is 87.0 Å². The largest absolute Gasteiger partial charge is 0.0654 e. The molecule has 0 aromatic rings. The minimum Gasteiger partial charge on any atom is -0.0654 e. The molecule has 0 saturated heterocycles. The van der Waals surface area contributed by atoms with Crippen molar-refractivity contribution in [1.29, 1.82) is 0 Å². The van der Waals surface area contributed by atoms with Crippen LogP contribution in [0.25, 0.3) is 0 Å². The highest BCUT2D eigenvalue weighted by Gasteiger charge is 2.61. The molecule has 0 amide bonds. The molecular weight excluding hydrogens is 216 g/mol. The Bertz CT molecular complexity index is 251. The average molecular weight is 252 g/mol. The van der Waals surface area contributed by atoms with Crippen molar-refractivity contribution in [1.82, 2.24) is 0 Å². The van der Waals surface area contributed by atoms with Gasteiger partial charge >= 0.3 is 0 Å². The molecule has 18 heavy (non-hydrogen) atoms. The minimum absolute atomic E-state index is 0.547. The van der Waals surface area contributed by atoms with Crippen LogP contribution in [0, 0.1) is 28.6 Å². The Hall–Kier alpha value is 0. The second-order valence-corrected chi connectivity index (χ2v) is 7.85. The zero-order valence-electron chi connectivity index (χ0n) is 14.0. The smallest absolute Gasteiger partial charge is 0.0241 e. The Morgan fingerprint density at radius 3 is 2.00 bits per heavy atom. The maximum Gasteiger partial charge on any atom is -0.0241 e. The molecule has 0 N–H and O–H groups in total. The minimum atomic E-state index is 0.547. The molecule has 0 aliphatic heterocycles. The van der Waals surface area contributed by atoms with Gasteiger partial charge in [0.2, 0.25) is 0 Å². The number of rotatable bonds is 7. The topological polar surface area (TPSA) is 0 Å². The number of hydrogen-bond donors (Lipinski definition) is 0. The predicted octanol–water partition coefficient (Wildman–Crippen LogP) is 6.30. The van der Waals surface area contributed by atoms with Gasteiger partial charge in [-0.15, -0.1) is 0 Å². The molecule has 3 unspecified atom stereocenters. The standard InChI is InChI=1S/C18H36/c1-8-10-11-12-18(7)15(9-2)16(13-14(3)4)17(18,5)6/h14-16H,8-13H2,1-7H3. The molecule has 1 saturated carbocycles. The molecule has 1 rings (SSSR count). The molecular formula is C18H36. The molecule has 0 nitrogen and oxygen atoms in total. The van der Waals surface area contributed by atoms with Gasteiger partial charge < -0.3 is 0 Å². The molecule has 108 valence electrons. The third kappa shape index (κ3) is 2.63. The Morgan fingerprint density at radius 1 is 0.944 bits per heavy atom. The Kier molecular flexibility index (Phi) is 5.32. The average Bonchev–Trinajstić information content (AvgIpc) is 2.28. The SMILES string of the molecule is CCCCCC1(C)C(CC)C(CC(C)C)C1(C)C. The summed E-state index contributed by atoms with van der Waals surface area (Å²) in [6.07, 6.45) is 8.44. The van der Waals surface area contributed by atoms with Crippen LogP contribution in [0.3, 0.4) is 0 Å². The van der Waals surface area contributed by atoms with Gasteiger partial charge in [-0.25, -0.2) is 0 Å². The van der Waals surface area contributed by atoms with E-state index >= 15 is 0 Å². The summed E-state index contributed by atoms with van der Waals surface area (Å²) in [4.78, 5) is 0. The van der Waals surface area contributed by atoms with Crippen molar-refractivity contribution in [2.24, 2.45) is 28.6 Å². The maximum absolute atomic E-state index is 2.58. The molecule has 0 bridgehead atoms. The summed E-state index contributed by atoms with van der Waals surface area (Å²) in [7, 11) is 0. The first kappa shape index (κ1) is 16.1. The lowest BCUT2D eigenvalue weighted by atomic mass is 9.37. The summed E-state index contributed by atoms with van der Waals surface area (Å²) < 4.78 is 0. The van der Waals surface area contributed by atoms with E-state index in [1.807, 2.05) is 0 Å². The van der Waals surface area contributed by atoms with Crippen LogP contribution in [0.15, 0.2) is 0 Å². The van der Waals surface area contributed by atoms with Gasteiger partial charge in [0.25, 0.3) is 0 Å². The van der Waals surface area contributed by atoms with Gasteiger partial charge in [0.15, 0.2) is 0 Å². The quantitative estimate of drug-likeness (QED) is 0.466. The Labute approximate surface area is 116 Å². The van der Waals surface area contributed by atoms with Crippen LogP contribution in [0.4, 0.5) is 0 Å². The molecule has 0 heterocycles. The molecule has 0 heteroatoms. The second kappa shape index (κ2) is 5.97. The Morgan fingerprint density at radius 2 is 1.56 bits per heavy atom. The van der Waals surface area contributed by atoms with E-state index in [0.717, 1.165) is 17.8 Å². The molecule has 0 spiro atoms. The van der Waals surface area contributed by atoms with E-state index < -0.39 is 0 Å². The molecule has 1 aliphatic carbocycles. The molecule has 0 aromatic heterocycles. The van der Waals surface area contributed by atoms with Crippen LogP contribution in [0.2, 0.25) is 0 Å². The monoisotopic (exact) mass is 252 g/mol. The zero-order valence-corrected chi connectivity index (χ0v) is 14.0. The molecule has 1 aliphatic rings. The summed E-state index contributed by atoms with van der Waals surface area (Å²) in [5.41, 5.74) is 1.14. The van der Waals surface area contributed by atoms with E-state index in [4.69, 9.17) is 0 Å². The summed E-state index contributed by atoms with van der Waals surface area (Å²) >= 11 is 0. The van der Waals surface area contributed by atoms with Gasteiger partial charge in [0.1, 0.15) is 0 Å². The van der Waals surface area contributed by atoms with E-state index in [-0.39, 0.29) is 0 Å². The van der Waals surface area contributed by atoms with Crippen molar-refractivity contribution in [2.75, 3.05) is 0 Å². The lowest BCUT2D eigenvalue weighted by Crippen LogP contribution is -2.61. The van der Waals surface area contributed by atoms with Crippen LogP contribution in [-0.4, -0.2) is 0 Å². The van der Waals surface area contributed by atoms with Crippen LogP contribution in [0.1, 0.15) is 87.0 Å². The summed E-state index contributed by atoms with van der Waals surface area (Å²) in [6, 6.07) is 0. The predicted molar refractivity (Wildman–Crippen MR) is 82.8 cm³/mol. The fourth-order valence-electron chi connectivity index (χ4n) is 4.70. The fraction of sp³-hybridized carbons (Fsp3) is 1.00. The van der Waals surface area contributed by atoms with Crippen molar-refractivity contribution >= 4 is 0 Å². The summed E-state index contributed by atoms with van der Waals surface area (Å²) in [5, 5.41) is 0. The van der Waals surface area contributed by atoms with Gasteiger partial charge in [-0.05, 0) is 41.4 Å². The normalized spacial score (nSPS) is 34.7. The summed E-state index contributed by atoms with van der Waals surface area (Å²) in [5.74, 6) is 2.77. The number of hydrogen-bond acceptors (Lipinski definition) is 0. The van der Waals surface area contributed by atoms with Crippen LogP contribution >= 0.6 is 0 Å². The van der Waals surface area contributed by atoms with Crippen molar-refractivity contribution in [3.05, 3.63) is 0 Å². The van der Waals surface area contributed by atoms with E-state index in [0.29, 0.717) is 10.8 Å². The first-order chi connectivity index (χ1) is 8.31. The van der Waals surface area contributed by atoms with Crippen molar-refractivity contribution in [3.63, 3.8) is 0 Å². The highest BCUT2D eigenvalue weighted by atomic mass is 14.7. The van der Waals surface area contributed by atoms with E-state index in [9.17, 15) is 0 Å². The molecule has 0 aromatic carbocycles. The Balaban J connectivity index is 2.73. The van der Waals surface area contributed by atoms with Crippen LogP contribution < -0.4 is 0 Å². The number of unbranched alkanes of at least 4 members (excludes halogenated alkanes) is 2. The van der Waals surface area contributed by atoms with E-state index in [1.54, 1.807) is 0 Å². The third-order valence-corrected chi connectivity index (χ3v) is 6.17. The van der Waals surface area contributed by atoms with E-state index in [1.165, 1.54) is 38.5 Å². The third-order valence-electron chi connectivity index (χ3n) is 6.17. The van der Waals surface area contributed by atoms with E-state index in [2.05, 4.69) is 48.5 Å². The highest BCUT2D eigenvalue weighted by molar-refractivity contribution is 5.10. The molecule has 0 radical (unpaired) electrons. The summed E-state index contributed by atoms with van der Waals surface area (Å²) in [6.45, 7) is 17.1. The van der Waals surface area contributed by atoms with Gasteiger partial charge in [0.05, 0.1) is 0 Å². The van der Waals surface area contributed by atoms with Crippen LogP contribution in [0.5, 0.6) is 0 Å².